The third-order valence-corrected chi connectivity index (χ3v) is 5.02. The number of anilines is 1. The van der Waals surface area contributed by atoms with Gasteiger partial charge in [0.25, 0.3) is 5.91 Å². The van der Waals surface area contributed by atoms with Gasteiger partial charge >= 0.3 is 0 Å². The van der Waals surface area contributed by atoms with Crippen LogP contribution in [-0.2, 0) is 0 Å². The van der Waals surface area contributed by atoms with Gasteiger partial charge in [-0.05, 0) is 41.8 Å². The van der Waals surface area contributed by atoms with Crippen molar-refractivity contribution in [1.29, 1.82) is 0 Å². The first-order chi connectivity index (χ1) is 16.3. The minimum Gasteiger partial charge on any atom is -0.505 e. The lowest BCUT2D eigenvalue weighted by atomic mass is 10.0. The fourth-order valence-corrected chi connectivity index (χ4v) is 3.37. The highest BCUT2D eigenvalue weighted by molar-refractivity contribution is 6.11. The van der Waals surface area contributed by atoms with Crippen LogP contribution in [0.5, 0.6) is 5.75 Å². The Bertz CT molecular complexity index is 1430. The van der Waals surface area contributed by atoms with Crippen molar-refractivity contribution in [3.8, 4) is 5.75 Å². The van der Waals surface area contributed by atoms with Crippen LogP contribution in [0, 0.1) is 0 Å². The van der Waals surface area contributed by atoms with Gasteiger partial charge in [-0.2, -0.15) is 5.11 Å². The predicted octanol–water partition coefficient (Wildman–Crippen LogP) is 4.41. The zero-order valence-electron chi connectivity index (χ0n) is 17.7. The molecule has 6 N–H and O–H groups in total. The highest BCUT2D eigenvalue weighted by atomic mass is 16.3. The molecule has 0 unspecified atom stereocenters. The second kappa shape index (κ2) is 9.21. The van der Waals surface area contributed by atoms with Crippen LogP contribution < -0.4 is 16.8 Å². The van der Waals surface area contributed by atoms with Gasteiger partial charge in [0.2, 0.25) is 11.8 Å². The lowest BCUT2D eigenvalue weighted by molar-refractivity contribution is 0.0996. The molecule has 0 atom stereocenters. The number of nitrogens with one attached hydrogen (secondary N) is 1. The summed E-state index contributed by atoms with van der Waals surface area (Å²) in [5.41, 5.74) is 11.4. The van der Waals surface area contributed by atoms with Crippen LogP contribution in [0.15, 0.2) is 89.1 Å². The van der Waals surface area contributed by atoms with Gasteiger partial charge in [0.05, 0.1) is 11.3 Å². The van der Waals surface area contributed by atoms with Crippen molar-refractivity contribution in [1.82, 2.24) is 0 Å². The van der Waals surface area contributed by atoms with Crippen LogP contribution in [0.1, 0.15) is 31.1 Å². The molecule has 4 rings (SSSR count). The van der Waals surface area contributed by atoms with Crippen molar-refractivity contribution in [2.75, 3.05) is 5.32 Å². The Balaban J connectivity index is 1.80. The molecule has 34 heavy (non-hydrogen) atoms. The van der Waals surface area contributed by atoms with Crippen LogP contribution in [0.25, 0.3) is 10.8 Å². The third-order valence-electron chi connectivity index (χ3n) is 5.02. The Kier molecular flexibility index (Phi) is 6.00. The third kappa shape index (κ3) is 4.58. The van der Waals surface area contributed by atoms with Crippen molar-refractivity contribution in [2.45, 2.75) is 0 Å². The number of phenols is 1. The molecule has 0 saturated carbocycles. The molecule has 4 aromatic carbocycles. The standard InChI is InChI=1S/C25H19N5O4/c26-23(32)15-10-16(24(27)33)12-18(11-15)29-30-21-19-9-5-4-6-14(19)13-20(22(21)31)25(34)28-17-7-2-1-3-8-17/h1-13,31H,(H2,26,32)(H2,27,33)(H,28,34). The molecule has 9 heteroatoms. The van der Waals surface area contributed by atoms with E-state index in [1.807, 2.05) is 6.07 Å². The smallest absolute Gasteiger partial charge is 0.259 e. The van der Waals surface area contributed by atoms with E-state index in [1.165, 1.54) is 18.2 Å². The first-order valence-corrected chi connectivity index (χ1v) is 10.1. The zero-order chi connectivity index (χ0) is 24.2. The van der Waals surface area contributed by atoms with E-state index in [2.05, 4.69) is 15.5 Å². The molecule has 0 bridgehead atoms. The number of phenolic OH excluding ortho intramolecular Hbond substituents is 1. The van der Waals surface area contributed by atoms with E-state index in [-0.39, 0.29) is 33.8 Å². The van der Waals surface area contributed by atoms with Crippen LogP contribution in [0.4, 0.5) is 17.1 Å². The molecule has 9 nitrogen and oxygen atoms in total. The van der Waals surface area contributed by atoms with E-state index in [1.54, 1.807) is 54.6 Å². The molecule has 0 radical (unpaired) electrons. The Morgan fingerprint density at radius 3 is 2.03 bits per heavy atom. The summed E-state index contributed by atoms with van der Waals surface area (Å²) in [4.78, 5) is 36.1. The second-order valence-corrected chi connectivity index (χ2v) is 7.36. The van der Waals surface area contributed by atoms with E-state index in [0.717, 1.165) is 0 Å². The Morgan fingerprint density at radius 1 is 0.765 bits per heavy atom. The van der Waals surface area contributed by atoms with E-state index in [0.29, 0.717) is 16.5 Å². The van der Waals surface area contributed by atoms with Gasteiger partial charge in [-0.3, -0.25) is 14.4 Å². The van der Waals surface area contributed by atoms with E-state index in [4.69, 9.17) is 11.5 Å². The van der Waals surface area contributed by atoms with E-state index < -0.39 is 17.7 Å². The quantitative estimate of drug-likeness (QED) is 0.318. The fraction of sp³-hybridized carbons (Fsp3) is 0. The minimum atomic E-state index is -0.771. The molecular weight excluding hydrogens is 434 g/mol. The van der Waals surface area contributed by atoms with E-state index >= 15 is 0 Å². The lowest BCUT2D eigenvalue weighted by Crippen LogP contribution is -2.15. The molecule has 0 spiro atoms. The number of aromatic hydroxyl groups is 1. The number of para-hydroxylation sites is 1. The summed E-state index contributed by atoms with van der Waals surface area (Å²) in [6.45, 7) is 0. The molecule has 0 heterocycles. The molecule has 0 saturated heterocycles. The number of azo groups is 1. The number of fused-ring (bicyclic) bond motifs is 1. The largest absolute Gasteiger partial charge is 0.505 e. The van der Waals surface area contributed by atoms with Crippen LogP contribution >= 0.6 is 0 Å². The summed E-state index contributed by atoms with van der Waals surface area (Å²) in [7, 11) is 0. The van der Waals surface area contributed by atoms with Crippen molar-refractivity contribution >= 4 is 45.6 Å². The van der Waals surface area contributed by atoms with Gasteiger partial charge in [-0.15, -0.1) is 5.11 Å². The van der Waals surface area contributed by atoms with Crippen LogP contribution in [0.3, 0.4) is 0 Å². The number of benzene rings is 4. The fourth-order valence-electron chi connectivity index (χ4n) is 3.37. The number of hydrogen-bond acceptors (Lipinski definition) is 6. The second-order valence-electron chi connectivity index (χ2n) is 7.36. The number of primary amides is 2. The van der Waals surface area contributed by atoms with Crippen molar-refractivity contribution in [3.63, 3.8) is 0 Å². The van der Waals surface area contributed by atoms with Crippen molar-refractivity contribution < 1.29 is 19.5 Å². The zero-order valence-corrected chi connectivity index (χ0v) is 17.7. The summed E-state index contributed by atoms with van der Waals surface area (Å²) < 4.78 is 0. The van der Waals surface area contributed by atoms with Crippen LogP contribution in [0.2, 0.25) is 0 Å². The molecule has 0 aromatic heterocycles. The number of nitrogens with zero attached hydrogens (tertiary/aromatic N) is 2. The first kappa shape index (κ1) is 22.2. The highest BCUT2D eigenvalue weighted by Gasteiger charge is 2.19. The lowest BCUT2D eigenvalue weighted by Gasteiger charge is -2.11. The van der Waals surface area contributed by atoms with Crippen molar-refractivity contribution in [2.24, 2.45) is 21.7 Å². The minimum absolute atomic E-state index is 0.000199. The number of carbonyl (C=O) groups is 3. The summed E-state index contributed by atoms with van der Waals surface area (Å²) in [6, 6.07) is 21.3. The summed E-state index contributed by atoms with van der Waals surface area (Å²) in [5, 5.41) is 23.1. The normalized spacial score (nSPS) is 10.9. The SMILES string of the molecule is NC(=O)c1cc(N=Nc2c(O)c(C(=O)Nc3ccccc3)cc3ccccc23)cc(C(N)=O)c1. The van der Waals surface area contributed by atoms with Gasteiger partial charge in [0.15, 0.2) is 5.75 Å². The first-order valence-electron chi connectivity index (χ1n) is 10.1. The number of carbonyl (C=O) groups excluding carboxylic acids is 3. The Morgan fingerprint density at radius 2 is 1.38 bits per heavy atom. The van der Waals surface area contributed by atoms with Crippen molar-refractivity contribution in [3.05, 3.63) is 95.6 Å². The molecule has 0 aliphatic carbocycles. The molecule has 0 aliphatic heterocycles. The number of hydrogen-bond donors (Lipinski definition) is 4. The molecule has 4 aromatic rings. The molecular formula is C25H19N5O4. The maximum Gasteiger partial charge on any atom is 0.259 e. The number of amides is 3. The molecule has 3 amide bonds. The molecule has 0 aliphatic rings. The maximum absolute atomic E-state index is 12.9. The van der Waals surface area contributed by atoms with E-state index in [9.17, 15) is 19.5 Å². The summed E-state index contributed by atoms with van der Waals surface area (Å²) in [6.07, 6.45) is 0. The van der Waals surface area contributed by atoms with Gasteiger partial charge in [-0.25, -0.2) is 0 Å². The Hall–Kier alpha value is -5.05. The van der Waals surface area contributed by atoms with Gasteiger partial charge < -0.3 is 21.9 Å². The predicted molar refractivity (Wildman–Crippen MR) is 128 cm³/mol. The number of rotatable bonds is 6. The topological polar surface area (TPSA) is 160 Å². The Labute approximate surface area is 193 Å². The summed E-state index contributed by atoms with van der Waals surface area (Å²) >= 11 is 0. The van der Waals surface area contributed by atoms with Gasteiger partial charge in [0, 0.05) is 22.2 Å². The summed E-state index contributed by atoms with van der Waals surface area (Å²) in [5.74, 6) is -2.45. The van der Waals surface area contributed by atoms with Gasteiger partial charge in [-0.1, -0.05) is 42.5 Å². The number of nitrogens with two attached hydrogens (primary N) is 2. The average molecular weight is 453 g/mol. The molecule has 168 valence electrons. The molecule has 0 fully saturated rings. The monoisotopic (exact) mass is 453 g/mol. The van der Waals surface area contributed by atoms with Crippen LogP contribution in [-0.4, -0.2) is 22.8 Å². The maximum atomic E-state index is 12.9. The average Bonchev–Trinajstić information content (AvgIpc) is 2.83. The highest BCUT2D eigenvalue weighted by Crippen LogP contribution is 2.39. The van der Waals surface area contributed by atoms with Gasteiger partial charge in [0.1, 0.15) is 5.69 Å².